The SMILES string of the molecule is CC(N)C(=O)c1cn2cccc(F)c2n1. The summed E-state index contributed by atoms with van der Waals surface area (Å²) >= 11 is 0. The van der Waals surface area contributed by atoms with Gasteiger partial charge in [-0.2, -0.15) is 0 Å². The molecule has 0 amide bonds. The van der Waals surface area contributed by atoms with Crippen LogP contribution in [0.5, 0.6) is 0 Å². The van der Waals surface area contributed by atoms with Gasteiger partial charge in [0.05, 0.1) is 6.04 Å². The zero-order valence-corrected chi connectivity index (χ0v) is 8.14. The molecular formula is C10H10FN3O. The van der Waals surface area contributed by atoms with Crippen LogP contribution in [0.3, 0.4) is 0 Å². The minimum Gasteiger partial charge on any atom is -0.321 e. The van der Waals surface area contributed by atoms with Gasteiger partial charge in [0.25, 0.3) is 0 Å². The van der Waals surface area contributed by atoms with E-state index < -0.39 is 11.9 Å². The molecule has 4 nitrogen and oxygen atoms in total. The molecule has 2 N–H and O–H groups in total. The zero-order chi connectivity index (χ0) is 11.0. The lowest BCUT2D eigenvalue weighted by Crippen LogP contribution is -2.26. The molecule has 0 aliphatic carbocycles. The lowest BCUT2D eigenvalue weighted by atomic mass is 10.2. The maximum Gasteiger partial charge on any atom is 0.199 e. The van der Waals surface area contributed by atoms with Gasteiger partial charge < -0.3 is 10.1 Å². The number of halogens is 1. The molecule has 0 saturated carbocycles. The number of carbonyl (C=O) groups is 1. The summed E-state index contributed by atoms with van der Waals surface area (Å²) in [6.45, 7) is 1.57. The fourth-order valence-electron chi connectivity index (χ4n) is 1.33. The number of ketones is 1. The molecule has 0 aliphatic rings. The van der Waals surface area contributed by atoms with E-state index in [0.29, 0.717) is 0 Å². The second kappa shape index (κ2) is 3.43. The van der Waals surface area contributed by atoms with Crippen molar-refractivity contribution in [3.05, 3.63) is 36.0 Å². The third-order valence-electron chi connectivity index (χ3n) is 2.10. The average Bonchev–Trinajstić information content (AvgIpc) is 2.61. The van der Waals surface area contributed by atoms with Crippen molar-refractivity contribution in [3.63, 3.8) is 0 Å². The van der Waals surface area contributed by atoms with E-state index in [1.54, 1.807) is 19.2 Å². The first-order chi connectivity index (χ1) is 7.09. The number of imidazole rings is 1. The van der Waals surface area contributed by atoms with Crippen molar-refractivity contribution >= 4 is 11.4 Å². The van der Waals surface area contributed by atoms with Crippen molar-refractivity contribution < 1.29 is 9.18 Å². The molecule has 5 heteroatoms. The van der Waals surface area contributed by atoms with Crippen molar-refractivity contribution in [1.29, 1.82) is 0 Å². The Morgan fingerprint density at radius 3 is 3.00 bits per heavy atom. The number of aromatic nitrogens is 2. The van der Waals surface area contributed by atoms with Gasteiger partial charge in [-0.25, -0.2) is 9.37 Å². The lowest BCUT2D eigenvalue weighted by Gasteiger charge is -1.97. The zero-order valence-electron chi connectivity index (χ0n) is 8.14. The van der Waals surface area contributed by atoms with Crippen LogP contribution in [-0.2, 0) is 0 Å². The fourth-order valence-corrected chi connectivity index (χ4v) is 1.33. The molecule has 1 unspecified atom stereocenters. The number of pyridine rings is 1. The van der Waals surface area contributed by atoms with Gasteiger partial charge in [-0.15, -0.1) is 0 Å². The van der Waals surface area contributed by atoms with Crippen LogP contribution < -0.4 is 5.73 Å². The highest BCUT2D eigenvalue weighted by molar-refractivity contribution is 5.98. The van der Waals surface area contributed by atoms with Crippen molar-refractivity contribution in [1.82, 2.24) is 9.38 Å². The molecule has 0 aliphatic heterocycles. The van der Waals surface area contributed by atoms with Crippen LogP contribution in [0.4, 0.5) is 4.39 Å². The Bertz CT molecular complexity index is 518. The van der Waals surface area contributed by atoms with Gasteiger partial charge in [0, 0.05) is 12.4 Å². The molecule has 1 atom stereocenters. The number of nitrogens with zero attached hydrogens (tertiary/aromatic N) is 2. The molecule has 0 spiro atoms. The molecule has 15 heavy (non-hydrogen) atoms. The molecule has 0 saturated heterocycles. The molecule has 2 aromatic heterocycles. The first-order valence-electron chi connectivity index (χ1n) is 4.52. The number of Topliss-reactive ketones (excluding diaryl/α,β-unsaturated/α-hetero) is 1. The van der Waals surface area contributed by atoms with Crippen LogP contribution in [0, 0.1) is 5.82 Å². The molecular weight excluding hydrogens is 197 g/mol. The quantitative estimate of drug-likeness (QED) is 0.747. The number of carbonyl (C=O) groups excluding carboxylic acids is 1. The average molecular weight is 207 g/mol. The largest absolute Gasteiger partial charge is 0.321 e. The highest BCUT2D eigenvalue weighted by atomic mass is 19.1. The third kappa shape index (κ3) is 1.61. The second-order valence-corrected chi connectivity index (χ2v) is 3.37. The maximum atomic E-state index is 13.2. The standard InChI is InChI=1S/C10H10FN3O/c1-6(12)9(15)8-5-14-4-2-3-7(11)10(14)13-8/h2-6H,12H2,1H3. The maximum absolute atomic E-state index is 13.2. The van der Waals surface area contributed by atoms with E-state index in [2.05, 4.69) is 4.98 Å². The van der Waals surface area contributed by atoms with Crippen molar-refractivity contribution in [2.75, 3.05) is 0 Å². The summed E-state index contributed by atoms with van der Waals surface area (Å²) < 4.78 is 14.7. The summed E-state index contributed by atoms with van der Waals surface area (Å²) in [5.41, 5.74) is 5.77. The molecule has 0 bridgehead atoms. The van der Waals surface area contributed by atoms with Crippen molar-refractivity contribution in [2.45, 2.75) is 13.0 Å². The lowest BCUT2D eigenvalue weighted by molar-refractivity contribution is 0.0963. The second-order valence-electron chi connectivity index (χ2n) is 3.37. The number of nitrogens with two attached hydrogens (primary N) is 1. The van der Waals surface area contributed by atoms with Crippen LogP contribution in [0.1, 0.15) is 17.4 Å². The fraction of sp³-hybridized carbons (Fsp3) is 0.200. The van der Waals surface area contributed by atoms with E-state index in [-0.39, 0.29) is 17.1 Å². The first kappa shape index (κ1) is 9.79. The summed E-state index contributed by atoms with van der Waals surface area (Å²) in [4.78, 5) is 15.4. The highest BCUT2D eigenvalue weighted by Crippen LogP contribution is 2.10. The van der Waals surface area contributed by atoms with Gasteiger partial charge in [0.1, 0.15) is 5.69 Å². The van der Waals surface area contributed by atoms with E-state index in [1.165, 1.54) is 16.7 Å². The van der Waals surface area contributed by atoms with Crippen LogP contribution >= 0.6 is 0 Å². The molecule has 0 fully saturated rings. The topological polar surface area (TPSA) is 60.4 Å². The predicted molar refractivity (Wildman–Crippen MR) is 53.1 cm³/mol. The van der Waals surface area contributed by atoms with Crippen molar-refractivity contribution in [3.8, 4) is 0 Å². The Balaban J connectivity index is 2.57. The minimum atomic E-state index is -0.627. The van der Waals surface area contributed by atoms with Gasteiger partial charge >= 0.3 is 0 Å². The molecule has 2 rings (SSSR count). The minimum absolute atomic E-state index is 0.140. The highest BCUT2D eigenvalue weighted by Gasteiger charge is 2.15. The van der Waals surface area contributed by atoms with Gasteiger partial charge in [-0.3, -0.25) is 4.79 Å². The predicted octanol–water partition coefficient (Wildman–Crippen LogP) is 1.00. The Morgan fingerprint density at radius 2 is 2.40 bits per heavy atom. The van der Waals surface area contributed by atoms with E-state index in [1.807, 2.05) is 0 Å². The van der Waals surface area contributed by atoms with Gasteiger partial charge in [-0.05, 0) is 19.1 Å². The first-order valence-corrected chi connectivity index (χ1v) is 4.52. The number of fused-ring (bicyclic) bond motifs is 1. The Morgan fingerprint density at radius 1 is 1.67 bits per heavy atom. The van der Waals surface area contributed by atoms with Crippen LogP contribution in [0.2, 0.25) is 0 Å². The summed E-state index contributed by atoms with van der Waals surface area (Å²) in [6, 6.07) is 2.21. The number of hydrogen-bond acceptors (Lipinski definition) is 3. The van der Waals surface area contributed by atoms with Gasteiger partial charge in [-0.1, -0.05) is 0 Å². The van der Waals surface area contributed by atoms with Gasteiger partial charge in [0.2, 0.25) is 0 Å². The van der Waals surface area contributed by atoms with E-state index >= 15 is 0 Å². The molecule has 2 aromatic rings. The number of hydrogen-bond donors (Lipinski definition) is 1. The normalized spacial score (nSPS) is 13.0. The van der Waals surface area contributed by atoms with E-state index in [4.69, 9.17) is 5.73 Å². The molecule has 78 valence electrons. The Kier molecular flexibility index (Phi) is 2.24. The summed E-state index contributed by atoms with van der Waals surface area (Å²) in [7, 11) is 0. The summed E-state index contributed by atoms with van der Waals surface area (Å²) in [6.07, 6.45) is 3.10. The Labute approximate surface area is 85.5 Å². The van der Waals surface area contributed by atoms with Crippen LogP contribution in [0.25, 0.3) is 5.65 Å². The molecule has 0 aromatic carbocycles. The van der Waals surface area contributed by atoms with Gasteiger partial charge in [0.15, 0.2) is 17.2 Å². The Hall–Kier alpha value is -1.75. The van der Waals surface area contributed by atoms with Crippen LogP contribution in [-0.4, -0.2) is 21.2 Å². The molecule has 2 heterocycles. The van der Waals surface area contributed by atoms with E-state index in [0.717, 1.165) is 0 Å². The van der Waals surface area contributed by atoms with Crippen molar-refractivity contribution in [2.24, 2.45) is 5.73 Å². The number of rotatable bonds is 2. The monoisotopic (exact) mass is 207 g/mol. The molecule has 0 radical (unpaired) electrons. The smallest absolute Gasteiger partial charge is 0.199 e. The van der Waals surface area contributed by atoms with E-state index in [9.17, 15) is 9.18 Å². The third-order valence-corrected chi connectivity index (χ3v) is 2.10. The summed E-state index contributed by atoms with van der Waals surface area (Å²) in [5, 5.41) is 0. The summed E-state index contributed by atoms with van der Waals surface area (Å²) in [5.74, 6) is -0.751. The van der Waals surface area contributed by atoms with Crippen LogP contribution in [0.15, 0.2) is 24.5 Å².